The molecule has 0 saturated carbocycles. The van der Waals surface area contributed by atoms with Crippen LogP contribution in [0, 0.1) is 0 Å². The van der Waals surface area contributed by atoms with Crippen LogP contribution in [0.15, 0.2) is 24.3 Å². The van der Waals surface area contributed by atoms with Crippen LogP contribution in [0.2, 0.25) is 0 Å². The third-order valence-corrected chi connectivity index (χ3v) is 4.38. The number of urea groups is 1. The maximum Gasteiger partial charge on any atom is 0.334 e. The van der Waals surface area contributed by atoms with Gasteiger partial charge in [-0.15, -0.1) is 0 Å². The molecule has 2 fully saturated rings. The van der Waals surface area contributed by atoms with Crippen molar-refractivity contribution in [1.29, 1.82) is 0 Å². The van der Waals surface area contributed by atoms with Gasteiger partial charge in [-0.05, 0) is 24.6 Å². The van der Waals surface area contributed by atoms with Gasteiger partial charge < -0.3 is 20.1 Å². The largest absolute Gasteiger partial charge is 0.479 e. The van der Waals surface area contributed by atoms with Gasteiger partial charge in [-0.25, -0.2) is 9.59 Å². The van der Waals surface area contributed by atoms with Crippen LogP contribution in [0.1, 0.15) is 22.8 Å². The van der Waals surface area contributed by atoms with E-state index in [-0.39, 0.29) is 19.1 Å². The number of carbonyl (C=O) groups excluding carboxylic acids is 3. The first kappa shape index (κ1) is 16.9. The Bertz CT molecular complexity index is 747. The summed E-state index contributed by atoms with van der Waals surface area (Å²) in [6, 6.07) is 5.71. The van der Waals surface area contributed by atoms with Crippen LogP contribution < -0.4 is 10.6 Å². The maximum atomic E-state index is 12.5. The van der Waals surface area contributed by atoms with E-state index in [1.807, 2.05) is 0 Å². The molecule has 0 spiro atoms. The molecule has 1 aromatic carbocycles. The second-order valence-electron chi connectivity index (χ2n) is 6.06. The minimum absolute atomic E-state index is 0.0217. The molecule has 2 saturated heterocycles. The smallest absolute Gasteiger partial charge is 0.334 e. The quantitative estimate of drug-likeness (QED) is 0.643. The van der Waals surface area contributed by atoms with E-state index in [0.29, 0.717) is 17.7 Å². The number of hydrogen-bond acceptors (Lipinski definition) is 5. The first-order valence-electron chi connectivity index (χ1n) is 7.69. The molecule has 2 heterocycles. The van der Waals surface area contributed by atoms with Gasteiger partial charge in [0.1, 0.15) is 5.54 Å². The number of rotatable bonds is 3. The number of nitrogens with zero attached hydrogens (tertiary/aromatic N) is 1. The van der Waals surface area contributed by atoms with Crippen molar-refractivity contribution in [3.8, 4) is 0 Å². The van der Waals surface area contributed by atoms with Crippen molar-refractivity contribution in [3.63, 3.8) is 0 Å². The second-order valence-corrected chi connectivity index (χ2v) is 6.06. The molecule has 9 heteroatoms. The number of imide groups is 1. The number of morpholine rings is 1. The van der Waals surface area contributed by atoms with Gasteiger partial charge >= 0.3 is 12.0 Å². The number of carbonyl (C=O) groups is 4. The Morgan fingerprint density at radius 2 is 1.96 bits per heavy atom. The van der Waals surface area contributed by atoms with E-state index in [0.717, 1.165) is 0 Å². The molecular formula is C16H17N3O6. The van der Waals surface area contributed by atoms with Crippen LogP contribution >= 0.6 is 0 Å². The molecule has 1 aromatic rings. The number of nitrogens with one attached hydrogen (secondary N) is 2. The van der Waals surface area contributed by atoms with Crippen molar-refractivity contribution in [2.45, 2.75) is 18.6 Å². The van der Waals surface area contributed by atoms with Crippen molar-refractivity contribution in [2.75, 3.05) is 19.7 Å². The Kier molecular flexibility index (Phi) is 4.17. The Morgan fingerprint density at radius 3 is 2.52 bits per heavy atom. The lowest BCUT2D eigenvalue weighted by atomic mass is 9.91. The molecule has 0 aromatic heterocycles. The third-order valence-electron chi connectivity index (χ3n) is 4.38. The monoisotopic (exact) mass is 347 g/mol. The Balaban J connectivity index is 1.76. The van der Waals surface area contributed by atoms with Gasteiger partial charge in [-0.1, -0.05) is 12.1 Å². The lowest BCUT2D eigenvalue weighted by Crippen LogP contribution is -2.48. The molecule has 0 radical (unpaired) electrons. The van der Waals surface area contributed by atoms with Gasteiger partial charge in [0.2, 0.25) is 0 Å². The highest BCUT2D eigenvalue weighted by Gasteiger charge is 2.43. The lowest BCUT2D eigenvalue weighted by Gasteiger charge is -2.31. The van der Waals surface area contributed by atoms with Gasteiger partial charge in [0.05, 0.1) is 13.2 Å². The predicted molar refractivity (Wildman–Crippen MR) is 83.7 cm³/mol. The van der Waals surface area contributed by atoms with E-state index in [1.54, 1.807) is 31.2 Å². The number of aliphatic carboxylic acids is 1. The van der Waals surface area contributed by atoms with Crippen molar-refractivity contribution in [3.05, 3.63) is 35.4 Å². The molecule has 132 valence electrons. The van der Waals surface area contributed by atoms with E-state index < -0.39 is 29.6 Å². The normalized spacial score (nSPS) is 26.1. The summed E-state index contributed by atoms with van der Waals surface area (Å²) in [5.74, 6) is -1.89. The fourth-order valence-electron chi connectivity index (χ4n) is 2.86. The summed E-state index contributed by atoms with van der Waals surface area (Å²) in [5, 5.41) is 13.7. The van der Waals surface area contributed by atoms with Gasteiger partial charge in [-0.3, -0.25) is 14.9 Å². The van der Waals surface area contributed by atoms with Crippen molar-refractivity contribution < 1.29 is 29.0 Å². The summed E-state index contributed by atoms with van der Waals surface area (Å²) in [5.41, 5.74) is -0.285. The fourth-order valence-corrected chi connectivity index (χ4v) is 2.86. The molecule has 2 aliphatic heterocycles. The van der Waals surface area contributed by atoms with Crippen LogP contribution in [0.3, 0.4) is 0 Å². The Labute approximate surface area is 142 Å². The van der Waals surface area contributed by atoms with Crippen LogP contribution in [-0.2, 0) is 19.9 Å². The van der Waals surface area contributed by atoms with E-state index in [2.05, 4.69) is 10.6 Å². The molecule has 2 atom stereocenters. The number of ether oxygens (including phenoxy) is 1. The summed E-state index contributed by atoms with van der Waals surface area (Å²) in [6.07, 6.45) is -1.03. The zero-order chi connectivity index (χ0) is 18.2. The lowest BCUT2D eigenvalue weighted by molar-refractivity contribution is -0.154. The average Bonchev–Trinajstić information content (AvgIpc) is 2.87. The molecule has 0 bridgehead atoms. The van der Waals surface area contributed by atoms with Gasteiger partial charge in [-0.2, -0.15) is 0 Å². The molecule has 0 aliphatic carbocycles. The van der Waals surface area contributed by atoms with E-state index >= 15 is 0 Å². The second kappa shape index (κ2) is 6.17. The zero-order valence-electron chi connectivity index (χ0n) is 13.4. The standard InChI is InChI=1S/C16H17N3O6/c1-16(14(23)17-15(24)18-16)10-4-2-9(3-5-10)12(20)19-6-7-25-11(8-19)13(21)22/h2-5,11H,6-8H2,1H3,(H,21,22)(H2,17,18,23,24)/t11-,16-/m0/s1. The first-order valence-corrected chi connectivity index (χ1v) is 7.69. The van der Waals surface area contributed by atoms with Crippen LogP contribution in [0.4, 0.5) is 4.79 Å². The van der Waals surface area contributed by atoms with Gasteiger partial charge in [0.15, 0.2) is 6.10 Å². The van der Waals surface area contributed by atoms with E-state index in [1.165, 1.54) is 4.90 Å². The van der Waals surface area contributed by atoms with E-state index in [9.17, 15) is 19.2 Å². The number of carboxylic acids is 1. The minimum atomic E-state index is -1.19. The molecular weight excluding hydrogens is 330 g/mol. The number of hydrogen-bond donors (Lipinski definition) is 3. The van der Waals surface area contributed by atoms with Crippen LogP contribution in [-0.4, -0.2) is 59.6 Å². The Hall–Kier alpha value is -2.94. The average molecular weight is 347 g/mol. The number of benzene rings is 1. The van der Waals surface area contributed by atoms with Gasteiger partial charge in [0.25, 0.3) is 11.8 Å². The minimum Gasteiger partial charge on any atom is -0.479 e. The van der Waals surface area contributed by atoms with Crippen LogP contribution in [0.5, 0.6) is 0 Å². The molecule has 25 heavy (non-hydrogen) atoms. The third kappa shape index (κ3) is 3.05. The summed E-state index contributed by atoms with van der Waals surface area (Å²) in [6.45, 7) is 2.02. The predicted octanol–water partition coefficient (Wildman–Crippen LogP) is -0.333. The molecule has 9 nitrogen and oxygen atoms in total. The molecule has 4 amide bonds. The van der Waals surface area contributed by atoms with Crippen molar-refractivity contribution >= 4 is 23.8 Å². The highest BCUT2D eigenvalue weighted by Crippen LogP contribution is 2.25. The van der Waals surface area contributed by atoms with Crippen LogP contribution in [0.25, 0.3) is 0 Å². The van der Waals surface area contributed by atoms with E-state index in [4.69, 9.17) is 9.84 Å². The maximum absolute atomic E-state index is 12.5. The first-order chi connectivity index (χ1) is 11.8. The fraction of sp³-hybridized carbons (Fsp3) is 0.375. The highest BCUT2D eigenvalue weighted by atomic mass is 16.5. The van der Waals surface area contributed by atoms with Crippen molar-refractivity contribution in [1.82, 2.24) is 15.5 Å². The molecule has 3 rings (SSSR count). The molecule has 0 unspecified atom stereocenters. The summed E-state index contributed by atoms with van der Waals surface area (Å²) in [7, 11) is 0. The SMILES string of the molecule is C[C@@]1(c2ccc(C(=O)N3CCO[C@H](C(=O)O)C3)cc2)NC(=O)NC1=O. The Morgan fingerprint density at radius 1 is 1.28 bits per heavy atom. The highest BCUT2D eigenvalue weighted by molar-refractivity contribution is 6.07. The van der Waals surface area contributed by atoms with Gasteiger partial charge in [0, 0.05) is 12.1 Å². The number of carboxylic acid groups (broad SMARTS) is 1. The summed E-state index contributed by atoms with van der Waals surface area (Å²) >= 11 is 0. The number of amides is 4. The topological polar surface area (TPSA) is 125 Å². The molecule has 3 N–H and O–H groups in total. The zero-order valence-corrected chi connectivity index (χ0v) is 13.4. The van der Waals surface area contributed by atoms with Crippen molar-refractivity contribution in [2.24, 2.45) is 0 Å². The summed E-state index contributed by atoms with van der Waals surface area (Å²) < 4.78 is 5.10. The molecule has 2 aliphatic rings. The summed E-state index contributed by atoms with van der Waals surface area (Å²) in [4.78, 5) is 48.2.